The van der Waals surface area contributed by atoms with Crippen LogP contribution in [0, 0.1) is 0 Å². The molecular formula is C8H13NO. The first kappa shape index (κ1) is 8.95. The van der Waals surface area contributed by atoms with Gasteiger partial charge >= 0.3 is 0 Å². The number of carbonyl (C=O) groups is 1. The maximum absolute atomic E-state index is 10.9. The average molecular weight is 139 g/mol. The molecule has 0 heterocycles. The molecule has 0 aromatic carbocycles. The second kappa shape index (κ2) is 4.79. The molecule has 0 aromatic heterocycles. The third-order valence-electron chi connectivity index (χ3n) is 0.997. The van der Waals surface area contributed by atoms with Gasteiger partial charge in [-0.15, -0.1) is 0 Å². The minimum atomic E-state index is -0.0967. The van der Waals surface area contributed by atoms with E-state index in [0.29, 0.717) is 12.1 Å². The predicted molar refractivity (Wildman–Crippen MR) is 42.6 cm³/mol. The molecule has 2 nitrogen and oxygen atoms in total. The summed E-state index contributed by atoms with van der Waals surface area (Å²) in [4.78, 5) is 10.9. The standard InChI is InChI=1S/C8H13NO/c1-4-6-7(3)8(10)9-5-2/h4,6H,3,5H2,1-2H3,(H,9,10). The Morgan fingerprint density at radius 3 is 2.70 bits per heavy atom. The van der Waals surface area contributed by atoms with Crippen molar-refractivity contribution in [2.45, 2.75) is 13.8 Å². The fourth-order valence-electron chi connectivity index (χ4n) is 0.551. The number of likely N-dealkylation sites (N-methyl/N-ethyl adjacent to an activating group) is 1. The van der Waals surface area contributed by atoms with Crippen LogP contribution < -0.4 is 5.32 Å². The predicted octanol–water partition coefficient (Wildman–Crippen LogP) is 1.25. The van der Waals surface area contributed by atoms with Gasteiger partial charge in [0.05, 0.1) is 0 Å². The fourth-order valence-corrected chi connectivity index (χ4v) is 0.551. The van der Waals surface area contributed by atoms with Gasteiger partial charge in [0, 0.05) is 12.1 Å². The van der Waals surface area contributed by atoms with E-state index in [9.17, 15) is 4.79 Å². The highest BCUT2D eigenvalue weighted by Gasteiger charge is 1.98. The number of carbonyl (C=O) groups excluding carboxylic acids is 1. The van der Waals surface area contributed by atoms with E-state index in [1.54, 1.807) is 12.2 Å². The normalized spacial score (nSPS) is 9.80. The van der Waals surface area contributed by atoms with Crippen LogP contribution in [-0.2, 0) is 4.79 Å². The lowest BCUT2D eigenvalue weighted by atomic mass is 10.2. The van der Waals surface area contributed by atoms with Crippen molar-refractivity contribution in [2.75, 3.05) is 6.54 Å². The van der Waals surface area contributed by atoms with Crippen molar-refractivity contribution in [2.24, 2.45) is 0 Å². The largest absolute Gasteiger partial charge is 0.352 e. The Labute approximate surface area is 61.6 Å². The van der Waals surface area contributed by atoms with E-state index in [2.05, 4.69) is 11.9 Å². The summed E-state index contributed by atoms with van der Waals surface area (Å²) in [7, 11) is 0. The van der Waals surface area contributed by atoms with Crippen molar-refractivity contribution in [1.82, 2.24) is 5.32 Å². The molecular weight excluding hydrogens is 126 g/mol. The van der Waals surface area contributed by atoms with Crippen LogP contribution in [0.4, 0.5) is 0 Å². The lowest BCUT2D eigenvalue weighted by Crippen LogP contribution is -2.23. The van der Waals surface area contributed by atoms with Gasteiger partial charge in [-0.1, -0.05) is 18.7 Å². The van der Waals surface area contributed by atoms with Crippen molar-refractivity contribution >= 4 is 5.91 Å². The molecule has 2 heteroatoms. The van der Waals surface area contributed by atoms with Gasteiger partial charge in [-0.3, -0.25) is 4.79 Å². The van der Waals surface area contributed by atoms with Crippen molar-refractivity contribution in [3.8, 4) is 0 Å². The highest BCUT2D eigenvalue weighted by molar-refractivity contribution is 5.95. The Morgan fingerprint density at radius 1 is 1.70 bits per heavy atom. The molecule has 10 heavy (non-hydrogen) atoms. The molecule has 0 aliphatic carbocycles. The minimum absolute atomic E-state index is 0.0967. The summed E-state index contributed by atoms with van der Waals surface area (Å²) >= 11 is 0. The van der Waals surface area contributed by atoms with E-state index in [4.69, 9.17) is 0 Å². The molecule has 0 spiro atoms. The van der Waals surface area contributed by atoms with Gasteiger partial charge in [0.2, 0.25) is 0 Å². The van der Waals surface area contributed by atoms with Crippen LogP contribution in [0.2, 0.25) is 0 Å². The van der Waals surface area contributed by atoms with Gasteiger partial charge in [0.1, 0.15) is 0 Å². The average Bonchev–Trinajstić information content (AvgIpc) is 1.89. The Kier molecular flexibility index (Phi) is 4.29. The molecule has 0 saturated heterocycles. The number of hydrogen-bond acceptors (Lipinski definition) is 1. The van der Waals surface area contributed by atoms with Gasteiger partial charge in [0.25, 0.3) is 5.91 Å². The second-order valence-electron chi connectivity index (χ2n) is 1.88. The first-order valence-electron chi connectivity index (χ1n) is 3.32. The van der Waals surface area contributed by atoms with Crippen LogP contribution >= 0.6 is 0 Å². The maximum atomic E-state index is 10.9. The van der Waals surface area contributed by atoms with Crippen molar-refractivity contribution < 1.29 is 4.79 Å². The van der Waals surface area contributed by atoms with Crippen LogP contribution in [0.3, 0.4) is 0 Å². The first-order chi connectivity index (χ1) is 4.72. The summed E-state index contributed by atoms with van der Waals surface area (Å²) in [6.07, 6.45) is 3.47. The molecule has 0 aliphatic rings. The van der Waals surface area contributed by atoms with Gasteiger partial charge in [0.15, 0.2) is 0 Å². The van der Waals surface area contributed by atoms with Crippen LogP contribution in [0.25, 0.3) is 0 Å². The van der Waals surface area contributed by atoms with Crippen LogP contribution in [0.5, 0.6) is 0 Å². The molecule has 0 aromatic rings. The summed E-state index contributed by atoms with van der Waals surface area (Å²) in [6.45, 7) is 7.94. The molecule has 0 aliphatic heterocycles. The highest BCUT2D eigenvalue weighted by Crippen LogP contribution is 1.91. The van der Waals surface area contributed by atoms with E-state index in [-0.39, 0.29) is 5.91 Å². The zero-order chi connectivity index (χ0) is 7.98. The summed E-state index contributed by atoms with van der Waals surface area (Å²) in [5, 5.41) is 2.64. The topological polar surface area (TPSA) is 29.1 Å². The van der Waals surface area contributed by atoms with Gasteiger partial charge < -0.3 is 5.32 Å². The second-order valence-corrected chi connectivity index (χ2v) is 1.88. The lowest BCUT2D eigenvalue weighted by molar-refractivity contribution is -0.117. The SMILES string of the molecule is C=C(C=CC)C(=O)NCC. The summed E-state index contributed by atoms with van der Waals surface area (Å²) in [5.41, 5.74) is 0.504. The number of rotatable bonds is 3. The zero-order valence-electron chi connectivity index (χ0n) is 6.48. The van der Waals surface area contributed by atoms with Gasteiger partial charge in [-0.25, -0.2) is 0 Å². The number of allylic oxidation sites excluding steroid dienone is 1. The summed E-state index contributed by atoms with van der Waals surface area (Å²) in [5.74, 6) is -0.0967. The molecule has 0 rings (SSSR count). The monoisotopic (exact) mass is 139 g/mol. The first-order valence-corrected chi connectivity index (χ1v) is 3.32. The quantitative estimate of drug-likeness (QED) is 0.463. The fraction of sp³-hybridized carbons (Fsp3) is 0.375. The summed E-state index contributed by atoms with van der Waals surface area (Å²) in [6, 6.07) is 0. The van der Waals surface area contributed by atoms with E-state index < -0.39 is 0 Å². The Hall–Kier alpha value is -1.05. The van der Waals surface area contributed by atoms with E-state index in [1.165, 1.54) is 0 Å². The van der Waals surface area contributed by atoms with Crippen molar-refractivity contribution in [3.63, 3.8) is 0 Å². The zero-order valence-corrected chi connectivity index (χ0v) is 6.48. The smallest absolute Gasteiger partial charge is 0.250 e. The number of amides is 1. The van der Waals surface area contributed by atoms with E-state index in [0.717, 1.165) is 0 Å². The van der Waals surface area contributed by atoms with Gasteiger partial charge in [-0.2, -0.15) is 0 Å². The lowest BCUT2D eigenvalue weighted by Gasteiger charge is -1.98. The molecule has 0 radical (unpaired) electrons. The molecule has 0 atom stereocenters. The van der Waals surface area contributed by atoms with Crippen molar-refractivity contribution in [1.29, 1.82) is 0 Å². The molecule has 56 valence electrons. The van der Waals surface area contributed by atoms with Crippen molar-refractivity contribution in [3.05, 3.63) is 24.3 Å². The van der Waals surface area contributed by atoms with E-state index in [1.807, 2.05) is 13.8 Å². The summed E-state index contributed by atoms with van der Waals surface area (Å²) < 4.78 is 0. The minimum Gasteiger partial charge on any atom is -0.352 e. The Balaban J connectivity index is 3.83. The third-order valence-corrected chi connectivity index (χ3v) is 0.997. The van der Waals surface area contributed by atoms with Gasteiger partial charge in [-0.05, 0) is 13.8 Å². The maximum Gasteiger partial charge on any atom is 0.250 e. The van der Waals surface area contributed by atoms with Crippen LogP contribution in [-0.4, -0.2) is 12.5 Å². The highest BCUT2D eigenvalue weighted by atomic mass is 16.1. The molecule has 0 saturated carbocycles. The van der Waals surface area contributed by atoms with Crippen LogP contribution in [0.15, 0.2) is 24.3 Å². The Bertz CT molecular complexity index is 159. The molecule has 0 fully saturated rings. The Morgan fingerprint density at radius 2 is 2.30 bits per heavy atom. The number of hydrogen-bond donors (Lipinski definition) is 1. The van der Waals surface area contributed by atoms with Crippen LogP contribution in [0.1, 0.15) is 13.8 Å². The molecule has 0 unspecified atom stereocenters. The third kappa shape index (κ3) is 3.07. The molecule has 1 amide bonds. The molecule has 0 bridgehead atoms. The number of nitrogens with one attached hydrogen (secondary N) is 1. The van der Waals surface area contributed by atoms with E-state index >= 15 is 0 Å². The molecule has 1 N–H and O–H groups in total.